The SMILES string of the molecule is COc1cc(NC(=O)N2CCc3ccccc3[C@H]2c2ccc(Cl)cc2)cc(OC)c1OC. The van der Waals surface area contributed by atoms with Gasteiger partial charge in [0.1, 0.15) is 0 Å². The van der Waals surface area contributed by atoms with E-state index in [0.29, 0.717) is 34.5 Å². The number of nitrogens with zero attached hydrogens (tertiary/aromatic N) is 1. The number of hydrogen-bond acceptors (Lipinski definition) is 4. The van der Waals surface area contributed by atoms with Gasteiger partial charge < -0.3 is 24.4 Å². The van der Waals surface area contributed by atoms with Crippen LogP contribution >= 0.6 is 11.6 Å². The highest BCUT2D eigenvalue weighted by Gasteiger charge is 2.32. The van der Waals surface area contributed by atoms with Gasteiger partial charge >= 0.3 is 6.03 Å². The number of hydrogen-bond donors (Lipinski definition) is 1. The highest BCUT2D eigenvalue weighted by molar-refractivity contribution is 6.30. The molecule has 0 radical (unpaired) electrons. The number of anilines is 1. The first-order valence-electron chi connectivity index (χ1n) is 10.3. The second kappa shape index (κ2) is 9.40. The van der Waals surface area contributed by atoms with Crippen molar-refractivity contribution in [3.63, 3.8) is 0 Å². The van der Waals surface area contributed by atoms with E-state index >= 15 is 0 Å². The number of rotatable bonds is 5. The molecule has 166 valence electrons. The van der Waals surface area contributed by atoms with Crippen molar-refractivity contribution in [2.24, 2.45) is 0 Å². The quantitative estimate of drug-likeness (QED) is 0.551. The van der Waals surface area contributed by atoms with Crippen LogP contribution in [0, 0.1) is 0 Å². The van der Waals surface area contributed by atoms with Crippen LogP contribution in [-0.2, 0) is 6.42 Å². The molecule has 7 heteroatoms. The number of methoxy groups -OCH3 is 3. The van der Waals surface area contributed by atoms with Crippen LogP contribution in [0.1, 0.15) is 22.7 Å². The summed E-state index contributed by atoms with van der Waals surface area (Å²) in [5.41, 5.74) is 3.91. The number of carbonyl (C=O) groups excluding carboxylic acids is 1. The predicted octanol–water partition coefficient (Wildman–Crippen LogP) is 5.55. The zero-order valence-electron chi connectivity index (χ0n) is 18.2. The molecule has 4 rings (SSSR count). The van der Waals surface area contributed by atoms with E-state index in [9.17, 15) is 4.79 Å². The zero-order chi connectivity index (χ0) is 22.7. The van der Waals surface area contributed by atoms with Crippen molar-refractivity contribution in [2.75, 3.05) is 33.2 Å². The third kappa shape index (κ3) is 4.18. The summed E-state index contributed by atoms with van der Waals surface area (Å²) in [6.45, 7) is 0.584. The Hall–Kier alpha value is -3.38. The average molecular weight is 453 g/mol. The Balaban J connectivity index is 1.69. The van der Waals surface area contributed by atoms with Crippen molar-refractivity contribution in [1.82, 2.24) is 4.90 Å². The van der Waals surface area contributed by atoms with E-state index in [2.05, 4.69) is 17.4 Å². The van der Waals surface area contributed by atoms with Gasteiger partial charge in [-0.3, -0.25) is 0 Å². The molecule has 1 aliphatic heterocycles. The maximum Gasteiger partial charge on any atom is 0.322 e. The van der Waals surface area contributed by atoms with Gasteiger partial charge in [0.15, 0.2) is 11.5 Å². The van der Waals surface area contributed by atoms with Gasteiger partial charge in [0, 0.05) is 23.7 Å². The summed E-state index contributed by atoms with van der Waals surface area (Å²) in [5.74, 6) is 1.42. The van der Waals surface area contributed by atoms with Crippen LogP contribution < -0.4 is 19.5 Å². The molecule has 3 aromatic rings. The summed E-state index contributed by atoms with van der Waals surface area (Å²) in [4.78, 5) is 15.3. The minimum atomic E-state index is -0.223. The highest BCUT2D eigenvalue weighted by Crippen LogP contribution is 2.41. The lowest BCUT2D eigenvalue weighted by atomic mass is 9.88. The van der Waals surface area contributed by atoms with Crippen LogP contribution in [0.25, 0.3) is 0 Å². The smallest absolute Gasteiger partial charge is 0.322 e. The van der Waals surface area contributed by atoms with E-state index in [1.54, 1.807) is 33.5 Å². The van der Waals surface area contributed by atoms with E-state index < -0.39 is 0 Å². The van der Waals surface area contributed by atoms with Crippen molar-refractivity contribution in [3.8, 4) is 17.2 Å². The molecule has 0 fully saturated rings. The van der Waals surface area contributed by atoms with Crippen LogP contribution in [0.4, 0.5) is 10.5 Å². The third-order valence-corrected chi connectivity index (χ3v) is 5.90. The number of nitrogens with one attached hydrogen (secondary N) is 1. The van der Waals surface area contributed by atoms with Crippen molar-refractivity contribution in [3.05, 3.63) is 82.4 Å². The summed E-state index contributed by atoms with van der Waals surface area (Å²) < 4.78 is 16.2. The maximum atomic E-state index is 13.5. The molecule has 1 heterocycles. The zero-order valence-corrected chi connectivity index (χ0v) is 19.0. The fourth-order valence-corrected chi connectivity index (χ4v) is 4.26. The Morgan fingerprint density at radius 3 is 2.25 bits per heavy atom. The lowest BCUT2D eigenvalue weighted by molar-refractivity contribution is 0.194. The van der Waals surface area contributed by atoms with Gasteiger partial charge in [-0.05, 0) is 35.2 Å². The van der Waals surface area contributed by atoms with Crippen LogP contribution in [0.2, 0.25) is 5.02 Å². The molecule has 0 unspecified atom stereocenters. The molecule has 32 heavy (non-hydrogen) atoms. The van der Waals surface area contributed by atoms with E-state index in [0.717, 1.165) is 17.5 Å². The van der Waals surface area contributed by atoms with Crippen LogP contribution in [0.5, 0.6) is 17.2 Å². The second-order valence-corrected chi connectivity index (χ2v) is 7.88. The van der Waals surface area contributed by atoms with Gasteiger partial charge in [0.25, 0.3) is 0 Å². The van der Waals surface area contributed by atoms with Gasteiger partial charge in [0.2, 0.25) is 5.75 Å². The summed E-state index contributed by atoms with van der Waals surface area (Å²) in [6.07, 6.45) is 0.781. The Morgan fingerprint density at radius 2 is 1.62 bits per heavy atom. The Bertz CT molecular complexity index is 1090. The van der Waals surface area contributed by atoms with Crippen LogP contribution in [0.15, 0.2) is 60.7 Å². The number of halogens is 1. The molecule has 0 aliphatic carbocycles. The van der Waals surface area contributed by atoms with Gasteiger partial charge in [-0.2, -0.15) is 0 Å². The van der Waals surface area contributed by atoms with Crippen molar-refractivity contribution < 1.29 is 19.0 Å². The third-order valence-electron chi connectivity index (χ3n) is 5.65. The number of ether oxygens (including phenoxy) is 3. The normalized spacial score (nSPS) is 15.0. The molecule has 0 aromatic heterocycles. The Kier molecular flexibility index (Phi) is 6.42. The summed E-state index contributed by atoms with van der Waals surface area (Å²) in [6, 6.07) is 18.9. The van der Waals surface area contributed by atoms with Crippen LogP contribution in [-0.4, -0.2) is 38.8 Å². The molecule has 0 spiro atoms. The van der Waals surface area contributed by atoms with E-state index in [1.165, 1.54) is 5.56 Å². The van der Waals surface area contributed by atoms with E-state index in [1.807, 2.05) is 41.3 Å². The topological polar surface area (TPSA) is 60.0 Å². The van der Waals surface area contributed by atoms with Gasteiger partial charge in [-0.25, -0.2) is 4.79 Å². The molecule has 0 saturated carbocycles. The molecule has 1 atom stereocenters. The summed E-state index contributed by atoms with van der Waals surface area (Å²) >= 11 is 6.11. The summed E-state index contributed by atoms with van der Waals surface area (Å²) in [7, 11) is 4.63. The van der Waals surface area contributed by atoms with Crippen molar-refractivity contribution >= 4 is 23.3 Å². The molecule has 6 nitrogen and oxygen atoms in total. The standard InChI is InChI=1S/C25H25ClN2O4/c1-30-21-14-19(15-22(31-2)24(21)32-3)27-25(29)28-13-12-16-6-4-5-7-20(16)23(28)17-8-10-18(26)11-9-17/h4-11,14-15,23H,12-13H2,1-3H3,(H,27,29)/t23-/m1/s1. The molecule has 2 amide bonds. The van der Waals surface area contributed by atoms with E-state index in [4.69, 9.17) is 25.8 Å². The first-order chi connectivity index (χ1) is 15.5. The molecule has 1 N–H and O–H groups in total. The molecular formula is C25H25ClN2O4. The predicted molar refractivity (Wildman–Crippen MR) is 125 cm³/mol. The fraction of sp³-hybridized carbons (Fsp3) is 0.240. The monoisotopic (exact) mass is 452 g/mol. The number of amides is 2. The number of benzene rings is 3. The van der Waals surface area contributed by atoms with Gasteiger partial charge in [0.05, 0.1) is 33.1 Å². The number of urea groups is 1. The minimum Gasteiger partial charge on any atom is -0.493 e. The first kappa shape index (κ1) is 21.8. The molecule has 1 aliphatic rings. The molecular weight excluding hydrogens is 428 g/mol. The van der Waals surface area contributed by atoms with Crippen molar-refractivity contribution in [2.45, 2.75) is 12.5 Å². The lowest BCUT2D eigenvalue weighted by Gasteiger charge is -2.37. The summed E-state index contributed by atoms with van der Waals surface area (Å²) in [5, 5.41) is 3.66. The second-order valence-electron chi connectivity index (χ2n) is 7.44. The minimum absolute atomic E-state index is 0.214. The number of carbonyl (C=O) groups is 1. The molecule has 0 saturated heterocycles. The highest BCUT2D eigenvalue weighted by atomic mass is 35.5. The van der Waals surface area contributed by atoms with E-state index in [-0.39, 0.29) is 12.1 Å². The average Bonchev–Trinajstić information content (AvgIpc) is 2.83. The molecule has 3 aromatic carbocycles. The fourth-order valence-electron chi connectivity index (χ4n) is 4.14. The lowest BCUT2D eigenvalue weighted by Crippen LogP contribution is -2.43. The largest absolute Gasteiger partial charge is 0.493 e. The van der Waals surface area contributed by atoms with Crippen molar-refractivity contribution in [1.29, 1.82) is 0 Å². The first-order valence-corrected chi connectivity index (χ1v) is 10.6. The van der Waals surface area contributed by atoms with Gasteiger partial charge in [-0.1, -0.05) is 48.0 Å². The van der Waals surface area contributed by atoms with Gasteiger partial charge in [-0.15, -0.1) is 0 Å². The Labute approximate surface area is 192 Å². The molecule has 0 bridgehead atoms. The number of fused-ring (bicyclic) bond motifs is 1. The maximum absolute atomic E-state index is 13.5. The Morgan fingerprint density at radius 1 is 0.969 bits per heavy atom. The van der Waals surface area contributed by atoms with Crippen LogP contribution in [0.3, 0.4) is 0 Å².